The van der Waals surface area contributed by atoms with Gasteiger partial charge in [0.25, 0.3) is 11.8 Å². The van der Waals surface area contributed by atoms with Crippen molar-refractivity contribution in [3.05, 3.63) is 46.1 Å². The van der Waals surface area contributed by atoms with Gasteiger partial charge in [0.1, 0.15) is 17.0 Å². The third-order valence-corrected chi connectivity index (χ3v) is 5.61. The van der Waals surface area contributed by atoms with Gasteiger partial charge in [0.15, 0.2) is 0 Å². The molecule has 2 amide bonds. The largest absolute Gasteiger partial charge is 0.351 e. The Labute approximate surface area is 172 Å². The lowest BCUT2D eigenvalue weighted by Crippen LogP contribution is -2.23. The van der Waals surface area contributed by atoms with Crippen LogP contribution < -0.4 is 16.1 Å². The van der Waals surface area contributed by atoms with Gasteiger partial charge in [0.05, 0.1) is 17.4 Å². The Morgan fingerprint density at radius 2 is 1.97 bits per heavy atom. The van der Waals surface area contributed by atoms with Gasteiger partial charge in [0.2, 0.25) is 0 Å². The number of aromatic nitrogens is 2. The number of anilines is 2. The number of rotatable bonds is 7. The molecule has 29 heavy (non-hydrogen) atoms. The molecule has 0 saturated carbocycles. The smallest absolute Gasteiger partial charge is 0.274 e. The van der Waals surface area contributed by atoms with Crippen LogP contribution in [-0.2, 0) is 4.84 Å². The van der Waals surface area contributed by atoms with Gasteiger partial charge in [-0.3, -0.25) is 14.4 Å². The SMILES string of the molecule is CCCNC(=O)c1sc2ncnc(Nc3cc(C(=O)NOC)ccc3C)c2c1C. The zero-order chi connectivity index (χ0) is 21.0. The molecule has 0 spiro atoms. The highest BCUT2D eigenvalue weighted by atomic mass is 32.1. The molecule has 3 aromatic rings. The second kappa shape index (κ2) is 8.97. The van der Waals surface area contributed by atoms with Crippen molar-refractivity contribution in [2.75, 3.05) is 19.0 Å². The maximum atomic E-state index is 12.5. The van der Waals surface area contributed by atoms with Crippen molar-refractivity contribution < 1.29 is 14.4 Å². The molecule has 0 atom stereocenters. The van der Waals surface area contributed by atoms with Crippen molar-refractivity contribution >= 4 is 44.9 Å². The first-order valence-electron chi connectivity index (χ1n) is 9.19. The number of nitrogens with one attached hydrogen (secondary N) is 3. The first-order valence-corrected chi connectivity index (χ1v) is 10.0. The first kappa shape index (κ1) is 20.7. The predicted octanol–water partition coefficient (Wildman–Crippen LogP) is 3.48. The minimum absolute atomic E-state index is 0.104. The summed E-state index contributed by atoms with van der Waals surface area (Å²) in [6.45, 7) is 6.46. The minimum Gasteiger partial charge on any atom is -0.351 e. The van der Waals surface area contributed by atoms with E-state index in [0.29, 0.717) is 22.8 Å². The molecule has 0 radical (unpaired) electrons. The van der Waals surface area contributed by atoms with E-state index in [0.717, 1.165) is 33.5 Å². The van der Waals surface area contributed by atoms with Crippen molar-refractivity contribution in [1.29, 1.82) is 0 Å². The van der Waals surface area contributed by atoms with Crippen LogP contribution in [0.3, 0.4) is 0 Å². The monoisotopic (exact) mass is 413 g/mol. The molecule has 0 saturated heterocycles. The first-order chi connectivity index (χ1) is 14.0. The lowest BCUT2D eigenvalue weighted by molar-refractivity contribution is 0.0537. The molecule has 3 rings (SSSR count). The highest BCUT2D eigenvalue weighted by Gasteiger charge is 2.19. The summed E-state index contributed by atoms with van der Waals surface area (Å²) in [5, 5.41) is 7.00. The van der Waals surface area contributed by atoms with E-state index in [4.69, 9.17) is 4.84 Å². The summed E-state index contributed by atoms with van der Waals surface area (Å²) in [6, 6.07) is 5.29. The molecule has 2 aromatic heterocycles. The lowest BCUT2D eigenvalue weighted by Gasteiger charge is -2.12. The molecular formula is C20H23N5O3S. The molecule has 9 heteroatoms. The summed E-state index contributed by atoms with van der Waals surface area (Å²) in [4.78, 5) is 39.3. The van der Waals surface area contributed by atoms with Gasteiger partial charge in [-0.2, -0.15) is 0 Å². The summed E-state index contributed by atoms with van der Waals surface area (Å²) in [5.74, 6) is 0.142. The fourth-order valence-corrected chi connectivity index (χ4v) is 3.94. The van der Waals surface area contributed by atoms with Crippen LogP contribution in [-0.4, -0.2) is 35.4 Å². The summed E-state index contributed by atoms with van der Waals surface area (Å²) < 4.78 is 0. The molecule has 2 heterocycles. The van der Waals surface area contributed by atoms with Crippen LogP contribution >= 0.6 is 11.3 Å². The number of benzene rings is 1. The van der Waals surface area contributed by atoms with Crippen LogP contribution in [0.2, 0.25) is 0 Å². The summed E-state index contributed by atoms with van der Waals surface area (Å²) in [7, 11) is 1.39. The number of fused-ring (bicyclic) bond motifs is 1. The Balaban J connectivity index is 1.99. The molecule has 3 N–H and O–H groups in total. The summed E-state index contributed by atoms with van der Waals surface area (Å²) in [6.07, 6.45) is 2.33. The summed E-state index contributed by atoms with van der Waals surface area (Å²) in [5.41, 5.74) is 5.26. The van der Waals surface area contributed by atoms with Gasteiger partial charge in [-0.15, -0.1) is 11.3 Å². The number of thiophene rings is 1. The van der Waals surface area contributed by atoms with Crippen LogP contribution in [0.4, 0.5) is 11.5 Å². The average molecular weight is 414 g/mol. The highest BCUT2D eigenvalue weighted by Crippen LogP contribution is 2.35. The molecular weight excluding hydrogens is 390 g/mol. The quantitative estimate of drug-likeness (QED) is 0.512. The number of nitrogens with zero attached hydrogens (tertiary/aromatic N) is 2. The van der Waals surface area contributed by atoms with Crippen LogP contribution in [0.5, 0.6) is 0 Å². The van der Waals surface area contributed by atoms with E-state index >= 15 is 0 Å². The lowest BCUT2D eigenvalue weighted by atomic mass is 10.1. The molecule has 0 unspecified atom stereocenters. The molecule has 152 valence electrons. The van der Waals surface area contributed by atoms with Crippen molar-refractivity contribution in [2.45, 2.75) is 27.2 Å². The van der Waals surface area contributed by atoms with E-state index in [1.807, 2.05) is 26.8 Å². The van der Waals surface area contributed by atoms with Crippen molar-refractivity contribution in [1.82, 2.24) is 20.8 Å². The van der Waals surface area contributed by atoms with Gasteiger partial charge in [-0.1, -0.05) is 13.0 Å². The van der Waals surface area contributed by atoms with Gasteiger partial charge in [-0.05, 0) is 43.5 Å². The molecule has 0 aliphatic heterocycles. The number of carbonyl (C=O) groups excluding carboxylic acids is 2. The van der Waals surface area contributed by atoms with E-state index in [-0.39, 0.29) is 11.8 Å². The predicted molar refractivity (Wildman–Crippen MR) is 114 cm³/mol. The van der Waals surface area contributed by atoms with Crippen LogP contribution in [0.15, 0.2) is 24.5 Å². The topological polar surface area (TPSA) is 105 Å². The van der Waals surface area contributed by atoms with E-state index in [1.165, 1.54) is 24.8 Å². The van der Waals surface area contributed by atoms with Gasteiger partial charge < -0.3 is 10.6 Å². The van der Waals surface area contributed by atoms with Crippen LogP contribution in [0, 0.1) is 13.8 Å². The minimum atomic E-state index is -0.343. The van der Waals surface area contributed by atoms with Crippen molar-refractivity contribution in [3.63, 3.8) is 0 Å². The molecule has 0 fully saturated rings. The van der Waals surface area contributed by atoms with Crippen molar-refractivity contribution in [2.24, 2.45) is 0 Å². The Bertz CT molecular complexity index is 1060. The fourth-order valence-electron chi connectivity index (χ4n) is 2.88. The molecule has 0 aliphatic rings. The maximum Gasteiger partial charge on any atom is 0.274 e. The number of aryl methyl sites for hydroxylation is 2. The molecule has 0 aliphatic carbocycles. The molecule has 8 nitrogen and oxygen atoms in total. The number of amides is 2. The number of hydroxylamine groups is 1. The van der Waals surface area contributed by atoms with E-state index in [9.17, 15) is 9.59 Å². The highest BCUT2D eigenvalue weighted by molar-refractivity contribution is 7.20. The number of carbonyl (C=O) groups is 2. The Kier molecular flexibility index (Phi) is 6.40. The standard InChI is InChI=1S/C20H23N5O3S/c1-5-8-21-19(27)16-12(3)15-17(22-10-23-20(15)29-16)24-14-9-13(7-6-11(14)2)18(26)25-28-4/h6-7,9-10H,5,8H2,1-4H3,(H,21,27)(H,25,26)(H,22,23,24). The third-order valence-electron chi connectivity index (χ3n) is 4.42. The summed E-state index contributed by atoms with van der Waals surface area (Å²) >= 11 is 1.34. The van der Waals surface area contributed by atoms with E-state index < -0.39 is 0 Å². The second-order valence-electron chi connectivity index (χ2n) is 6.50. The number of hydrogen-bond donors (Lipinski definition) is 3. The Hall–Kier alpha value is -3.04. The normalized spacial score (nSPS) is 10.8. The third kappa shape index (κ3) is 4.36. The van der Waals surface area contributed by atoms with Gasteiger partial charge in [-0.25, -0.2) is 15.4 Å². The molecule has 1 aromatic carbocycles. The Morgan fingerprint density at radius 1 is 1.17 bits per heavy atom. The zero-order valence-corrected chi connectivity index (χ0v) is 17.6. The molecule has 0 bridgehead atoms. The number of hydrogen-bond acceptors (Lipinski definition) is 7. The van der Waals surface area contributed by atoms with Crippen LogP contribution in [0.1, 0.15) is 44.5 Å². The maximum absolute atomic E-state index is 12.5. The van der Waals surface area contributed by atoms with Crippen LogP contribution in [0.25, 0.3) is 10.2 Å². The Morgan fingerprint density at radius 3 is 2.69 bits per heavy atom. The van der Waals surface area contributed by atoms with E-state index in [1.54, 1.807) is 12.1 Å². The second-order valence-corrected chi connectivity index (χ2v) is 7.50. The van der Waals surface area contributed by atoms with Gasteiger partial charge >= 0.3 is 0 Å². The fraction of sp³-hybridized carbons (Fsp3) is 0.300. The van der Waals surface area contributed by atoms with Gasteiger partial charge in [0, 0.05) is 17.8 Å². The van der Waals surface area contributed by atoms with Crippen molar-refractivity contribution in [3.8, 4) is 0 Å². The average Bonchev–Trinajstić information content (AvgIpc) is 3.05. The zero-order valence-electron chi connectivity index (χ0n) is 16.8. The van der Waals surface area contributed by atoms with E-state index in [2.05, 4.69) is 26.1 Å².